The molecule has 2 rings (SSSR count). The number of methoxy groups -OCH3 is 1. The standard InChI is InChI=1S/C13H17FN2O3/c1-13(7-15-8-13)19-6-12(17)16-11-5-9(18-2)3-4-10(11)14/h3-5,15H,6-8H2,1-2H3,(H,16,17). The lowest BCUT2D eigenvalue weighted by Crippen LogP contribution is -2.59. The molecule has 0 aromatic heterocycles. The number of carbonyl (C=O) groups is 1. The van der Waals surface area contributed by atoms with Crippen molar-refractivity contribution in [3.63, 3.8) is 0 Å². The molecule has 0 aliphatic carbocycles. The van der Waals surface area contributed by atoms with Gasteiger partial charge in [-0.2, -0.15) is 0 Å². The Morgan fingerprint density at radius 2 is 2.26 bits per heavy atom. The summed E-state index contributed by atoms with van der Waals surface area (Å²) in [6, 6.07) is 4.16. The molecule has 2 N–H and O–H groups in total. The van der Waals surface area contributed by atoms with E-state index in [-0.39, 0.29) is 23.8 Å². The molecule has 1 saturated heterocycles. The van der Waals surface area contributed by atoms with E-state index >= 15 is 0 Å². The third-order valence-electron chi connectivity index (χ3n) is 3.00. The molecule has 19 heavy (non-hydrogen) atoms. The Hall–Kier alpha value is -1.66. The van der Waals surface area contributed by atoms with Crippen LogP contribution in [-0.2, 0) is 9.53 Å². The molecular weight excluding hydrogens is 251 g/mol. The molecule has 1 aliphatic heterocycles. The zero-order valence-electron chi connectivity index (χ0n) is 11.0. The summed E-state index contributed by atoms with van der Waals surface area (Å²) >= 11 is 0. The summed E-state index contributed by atoms with van der Waals surface area (Å²) < 4.78 is 23.9. The van der Waals surface area contributed by atoms with E-state index in [2.05, 4.69) is 10.6 Å². The van der Waals surface area contributed by atoms with E-state index in [0.717, 1.165) is 0 Å². The fraction of sp³-hybridized carbons (Fsp3) is 0.462. The van der Waals surface area contributed by atoms with Crippen LogP contribution in [0.15, 0.2) is 18.2 Å². The van der Waals surface area contributed by atoms with E-state index in [1.54, 1.807) is 0 Å². The minimum atomic E-state index is -0.509. The van der Waals surface area contributed by atoms with Crippen molar-refractivity contribution in [2.24, 2.45) is 0 Å². The van der Waals surface area contributed by atoms with Crippen LogP contribution < -0.4 is 15.4 Å². The van der Waals surface area contributed by atoms with Crippen LogP contribution in [0.2, 0.25) is 0 Å². The van der Waals surface area contributed by atoms with Gasteiger partial charge in [-0.3, -0.25) is 4.79 Å². The molecule has 0 unspecified atom stereocenters. The first-order chi connectivity index (χ1) is 9.02. The number of ether oxygens (including phenoxy) is 2. The van der Waals surface area contributed by atoms with Gasteiger partial charge in [0.1, 0.15) is 18.2 Å². The van der Waals surface area contributed by atoms with Crippen LogP contribution in [-0.4, -0.2) is 38.3 Å². The average Bonchev–Trinajstić information content (AvgIpc) is 2.37. The number of anilines is 1. The van der Waals surface area contributed by atoms with E-state index in [1.807, 2.05) is 6.92 Å². The summed E-state index contributed by atoms with van der Waals surface area (Å²) in [5.41, 5.74) is -0.214. The van der Waals surface area contributed by atoms with Crippen LogP contribution in [0.5, 0.6) is 5.75 Å². The van der Waals surface area contributed by atoms with E-state index in [4.69, 9.17) is 9.47 Å². The summed E-state index contributed by atoms with van der Waals surface area (Å²) in [6.45, 7) is 3.25. The second-order valence-electron chi connectivity index (χ2n) is 4.74. The molecule has 5 nitrogen and oxygen atoms in total. The molecule has 6 heteroatoms. The van der Waals surface area contributed by atoms with Gasteiger partial charge in [0.05, 0.1) is 18.4 Å². The van der Waals surface area contributed by atoms with Gasteiger partial charge in [0.15, 0.2) is 0 Å². The lowest BCUT2D eigenvalue weighted by Gasteiger charge is -2.38. The van der Waals surface area contributed by atoms with Crippen LogP contribution in [0.3, 0.4) is 0 Å². The number of hydrogen-bond donors (Lipinski definition) is 2. The monoisotopic (exact) mass is 268 g/mol. The maximum atomic E-state index is 13.5. The molecular formula is C13H17FN2O3. The first-order valence-corrected chi connectivity index (χ1v) is 6.00. The van der Waals surface area contributed by atoms with Gasteiger partial charge in [0.25, 0.3) is 0 Å². The van der Waals surface area contributed by atoms with Crippen molar-refractivity contribution in [1.29, 1.82) is 0 Å². The van der Waals surface area contributed by atoms with E-state index in [0.29, 0.717) is 18.8 Å². The molecule has 0 radical (unpaired) electrons. The summed E-state index contributed by atoms with van der Waals surface area (Å²) in [6.07, 6.45) is 0. The van der Waals surface area contributed by atoms with Gasteiger partial charge in [-0.15, -0.1) is 0 Å². The highest BCUT2D eigenvalue weighted by atomic mass is 19.1. The Kier molecular flexibility index (Phi) is 4.01. The molecule has 1 aliphatic rings. The molecule has 0 spiro atoms. The molecule has 1 fully saturated rings. The fourth-order valence-electron chi connectivity index (χ4n) is 1.73. The van der Waals surface area contributed by atoms with Gasteiger partial charge < -0.3 is 20.1 Å². The summed E-state index contributed by atoms with van der Waals surface area (Å²) in [5.74, 6) is -0.418. The largest absolute Gasteiger partial charge is 0.497 e. The van der Waals surface area contributed by atoms with Crippen LogP contribution in [0.25, 0.3) is 0 Å². The van der Waals surface area contributed by atoms with Gasteiger partial charge in [-0.25, -0.2) is 4.39 Å². The summed E-state index contributed by atoms with van der Waals surface area (Å²) in [7, 11) is 1.48. The summed E-state index contributed by atoms with van der Waals surface area (Å²) in [5, 5.41) is 5.53. The highest BCUT2D eigenvalue weighted by Crippen LogP contribution is 2.21. The van der Waals surface area contributed by atoms with Gasteiger partial charge >= 0.3 is 0 Å². The molecule has 104 valence electrons. The first kappa shape index (κ1) is 13.8. The number of benzene rings is 1. The molecule has 1 aromatic carbocycles. The van der Waals surface area contributed by atoms with Crippen LogP contribution >= 0.6 is 0 Å². The zero-order valence-corrected chi connectivity index (χ0v) is 11.0. The predicted molar refractivity (Wildman–Crippen MR) is 68.8 cm³/mol. The zero-order chi connectivity index (χ0) is 13.9. The summed E-state index contributed by atoms with van der Waals surface area (Å²) in [4.78, 5) is 11.7. The van der Waals surface area contributed by atoms with Crippen molar-refractivity contribution in [3.8, 4) is 5.75 Å². The van der Waals surface area contributed by atoms with Crippen molar-refractivity contribution < 1.29 is 18.7 Å². The quantitative estimate of drug-likeness (QED) is 0.841. The Bertz CT molecular complexity index is 475. The van der Waals surface area contributed by atoms with Gasteiger partial charge in [-0.1, -0.05) is 0 Å². The smallest absolute Gasteiger partial charge is 0.250 e. The Morgan fingerprint density at radius 1 is 1.53 bits per heavy atom. The highest BCUT2D eigenvalue weighted by Gasteiger charge is 2.33. The number of amides is 1. The third kappa shape index (κ3) is 3.42. The number of nitrogens with one attached hydrogen (secondary N) is 2. The molecule has 0 saturated carbocycles. The maximum absolute atomic E-state index is 13.5. The minimum Gasteiger partial charge on any atom is -0.497 e. The SMILES string of the molecule is COc1ccc(F)c(NC(=O)COC2(C)CNC2)c1. The van der Waals surface area contributed by atoms with Crippen LogP contribution in [0, 0.1) is 5.82 Å². The number of carbonyl (C=O) groups excluding carboxylic acids is 1. The van der Waals surface area contributed by atoms with Crippen molar-refractivity contribution in [2.45, 2.75) is 12.5 Å². The second kappa shape index (κ2) is 5.54. The number of hydrogen-bond acceptors (Lipinski definition) is 4. The van der Waals surface area contributed by atoms with E-state index in [1.165, 1.54) is 25.3 Å². The molecule has 0 atom stereocenters. The number of rotatable bonds is 5. The Balaban J connectivity index is 1.91. The normalized spacial score (nSPS) is 16.6. The van der Waals surface area contributed by atoms with Crippen molar-refractivity contribution in [2.75, 3.05) is 32.1 Å². The highest BCUT2D eigenvalue weighted by molar-refractivity contribution is 5.92. The fourth-order valence-corrected chi connectivity index (χ4v) is 1.73. The topological polar surface area (TPSA) is 59.6 Å². The van der Waals surface area contributed by atoms with Crippen molar-refractivity contribution in [3.05, 3.63) is 24.0 Å². The van der Waals surface area contributed by atoms with Crippen LogP contribution in [0.4, 0.5) is 10.1 Å². The predicted octanol–water partition coefficient (Wildman–Crippen LogP) is 1.15. The third-order valence-corrected chi connectivity index (χ3v) is 3.00. The Morgan fingerprint density at radius 3 is 2.84 bits per heavy atom. The minimum absolute atomic E-state index is 0.0878. The molecule has 1 amide bonds. The van der Waals surface area contributed by atoms with E-state index in [9.17, 15) is 9.18 Å². The maximum Gasteiger partial charge on any atom is 0.250 e. The Labute approximate surface area is 111 Å². The van der Waals surface area contributed by atoms with E-state index < -0.39 is 5.82 Å². The van der Waals surface area contributed by atoms with Gasteiger partial charge in [-0.05, 0) is 19.1 Å². The second-order valence-corrected chi connectivity index (χ2v) is 4.74. The molecule has 1 aromatic rings. The lowest BCUT2D eigenvalue weighted by atomic mass is 10.0. The van der Waals surface area contributed by atoms with Crippen LogP contribution in [0.1, 0.15) is 6.92 Å². The average molecular weight is 268 g/mol. The lowest BCUT2D eigenvalue weighted by molar-refractivity contribution is -0.130. The molecule has 1 heterocycles. The van der Waals surface area contributed by atoms with Gasteiger partial charge in [0.2, 0.25) is 5.91 Å². The molecule has 0 bridgehead atoms. The van der Waals surface area contributed by atoms with Gasteiger partial charge in [0, 0.05) is 19.2 Å². The van der Waals surface area contributed by atoms with Crippen molar-refractivity contribution >= 4 is 11.6 Å². The number of halogens is 1. The first-order valence-electron chi connectivity index (χ1n) is 6.00. The van der Waals surface area contributed by atoms with Crippen molar-refractivity contribution in [1.82, 2.24) is 5.32 Å².